The molecule has 3 unspecified atom stereocenters. The van der Waals surface area contributed by atoms with Crippen LogP contribution in [0.25, 0.3) is 0 Å². The molecule has 0 radical (unpaired) electrons. The molecule has 1 aliphatic rings. The average molecular weight is 387 g/mol. The molecule has 5 heteroatoms. The summed E-state index contributed by atoms with van der Waals surface area (Å²) in [6, 6.07) is 17.4. The lowest BCUT2D eigenvalue weighted by atomic mass is 9.99. The molecule has 1 aliphatic heterocycles. The number of hydrogen-bond donors (Lipinski definition) is 1. The number of piperidine rings is 1. The second kappa shape index (κ2) is 10.6. The summed E-state index contributed by atoms with van der Waals surface area (Å²) in [5, 5.41) is 3.74. The molecule has 1 N–H and O–H groups in total. The minimum atomic E-state index is -0.240. The predicted molar refractivity (Wildman–Crippen MR) is 110 cm³/mol. The zero-order valence-electron chi connectivity index (χ0n) is 16.8. The second-order valence-corrected chi connectivity index (χ2v) is 7.42. The van der Waals surface area contributed by atoms with Crippen LogP contribution in [0.3, 0.4) is 0 Å². The van der Waals surface area contributed by atoms with Gasteiger partial charge in [-0.1, -0.05) is 30.3 Å². The van der Waals surface area contributed by atoms with Crippen LogP contribution in [0.2, 0.25) is 0 Å². The van der Waals surface area contributed by atoms with Crippen LogP contribution in [0.4, 0.5) is 4.39 Å². The summed E-state index contributed by atoms with van der Waals surface area (Å²) >= 11 is 0. The van der Waals surface area contributed by atoms with E-state index in [-0.39, 0.29) is 11.9 Å². The molecule has 1 fully saturated rings. The monoisotopic (exact) mass is 386 g/mol. The van der Waals surface area contributed by atoms with Gasteiger partial charge in [0.15, 0.2) is 0 Å². The van der Waals surface area contributed by atoms with Crippen molar-refractivity contribution in [1.82, 2.24) is 10.2 Å². The molecule has 28 heavy (non-hydrogen) atoms. The van der Waals surface area contributed by atoms with E-state index in [1.807, 2.05) is 6.07 Å². The van der Waals surface area contributed by atoms with Crippen LogP contribution in [0.5, 0.6) is 5.75 Å². The van der Waals surface area contributed by atoms with Gasteiger partial charge in [-0.15, -0.1) is 0 Å². The normalized spacial score (nSPS) is 21.4. The Morgan fingerprint density at radius 2 is 1.89 bits per heavy atom. The summed E-state index contributed by atoms with van der Waals surface area (Å²) < 4.78 is 24.4. The highest BCUT2D eigenvalue weighted by Crippen LogP contribution is 2.19. The number of nitrogens with one attached hydrogen (secondary N) is 1. The molecule has 2 aromatic rings. The summed E-state index contributed by atoms with van der Waals surface area (Å²) in [6.07, 6.45) is 2.18. The van der Waals surface area contributed by atoms with E-state index in [1.54, 1.807) is 19.2 Å². The standard InChI is InChI=1S/C23H31FN2O2/c1-18(19-7-4-3-5-8-19)25-22-13-15-26(17-23(22)27-2)14-6-16-28-21-11-9-20(24)10-12-21/h3-5,7-12,18,22-23,25H,6,13-17H2,1-2H3. The smallest absolute Gasteiger partial charge is 0.123 e. The average Bonchev–Trinajstić information content (AvgIpc) is 2.74. The summed E-state index contributed by atoms with van der Waals surface area (Å²) in [6.45, 7) is 5.79. The van der Waals surface area contributed by atoms with E-state index in [0.717, 1.165) is 32.5 Å². The Bertz CT molecular complexity index is 696. The van der Waals surface area contributed by atoms with Gasteiger partial charge in [-0.25, -0.2) is 4.39 Å². The molecule has 3 atom stereocenters. The molecule has 3 rings (SSSR count). The van der Waals surface area contributed by atoms with Crippen molar-refractivity contribution in [1.29, 1.82) is 0 Å². The second-order valence-electron chi connectivity index (χ2n) is 7.42. The van der Waals surface area contributed by atoms with Crippen molar-refractivity contribution >= 4 is 0 Å². The maximum atomic E-state index is 12.9. The number of ether oxygens (including phenoxy) is 2. The Morgan fingerprint density at radius 3 is 2.61 bits per heavy atom. The Labute approximate surface area is 167 Å². The molecule has 0 aromatic heterocycles. The SMILES string of the molecule is COC1CN(CCCOc2ccc(F)cc2)CCC1NC(C)c1ccccc1. The van der Waals surface area contributed by atoms with E-state index in [4.69, 9.17) is 9.47 Å². The Hall–Kier alpha value is -1.95. The summed E-state index contributed by atoms with van der Waals surface area (Å²) in [5.41, 5.74) is 1.30. The molecule has 0 aliphatic carbocycles. The molecule has 1 saturated heterocycles. The highest BCUT2D eigenvalue weighted by Gasteiger charge is 2.29. The summed E-state index contributed by atoms with van der Waals surface area (Å²) in [7, 11) is 1.80. The van der Waals surface area contributed by atoms with E-state index >= 15 is 0 Å². The highest BCUT2D eigenvalue weighted by atomic mass is 19.1. The third-order valence-electron chi connectivity index (χ3n) is 5.41. The summed E-state index contributed by atoms with van der Waals surface area (Å²) in [5.74, 6) is 0.477. The van der Waals surface area contributed by atoms with Crippen LogP contribution >= 0.6 is 0 Å². The molecule has 2 aromatic carbocycles. The maximum Gasteiger partial charge on any atom is 0.123 e. The summed E-state index contributed by atoms with van der Waals surface area (Å²) in [4.78, 5) is 2.44. The predicted octanol–water partition coefficient (Wildman–Crippen LogP) is 4.03. The largest absolute Gasteiger partial charge is 0.494 e. The van der Waals surface area contributed by atoms with Crippen LogP contribution in [0, 0.1) is 5.82 Å². The number of likely N-dealkylation sites (tertiary alicyclic amines) is 1. The fourth-order valence-corrected chi connectivity index (χ4v) is 3.78. The number of rotatable bonds is 9. The fourth-order valence-electron chi connectivity index (χ4n) is 3.78. The van der Waals surface area contributed by atoms with Crippen molar-refractivity contribution in [2.45, 2.75) is 38.0 Å². The van der Waals surface area contributed by atoms with Crippen molar-refractivity contribution in [2.75, 3.05) is 33.4 Å². The molecule has 0 amide bonds. The van der Waals surface area contributed by atoms with Gasteiger partial charge in [0, 0.05) is 32.3 Å². The van der Waals surface area contributed by atoms with Gasteiger partial charge < -0.3 is 19.7 Å². The first kappa shape index (κ1) is 20.8. The van der Waals surface area contributed by atoms with E-state index < -0.39 is 0 Å². The number of benzene rings is 2. The lowest BCUT2D eigenvalue weighted by Gasteiger charge is -2.39. The van der Waals surface area contributed by atoms with Crippen LogP contribution in [0.15, 0.2) is 54.6 Å². The van der Waals surface area contributed by atoms with Gasteiger partial charge in [-0.3, -0.25) is 0 Å². The molecule has 1 heterocycles. The van der Waals surface area contributed by atoms with Crippen LogP contribution in [-0.4, -0.2) is 50.4 Å². The molecule has 0 bridgehead atoms. The zero-order valence-corrected chi connectivity index (χ0v) is 16.8. The van der Waals surface area contributed by atoms with Crippen molar-refractivity contribution in [2.24, 2.45) is 0 Å². The molecule has 0 spiro atoms. The minimum Gasteiger partial charge on any atom is -0.494 e. The fraction of sp³-hybridized carbons (Fsp3) is 0.478. The Balaban J connectivity index is 1.40. The lowest BCUT2D eigenvalue weighted by Crippen LogP contribution is -2.54. The van der Waals surface area contributed by atoms with E-state index in [2.05, 4.69) is 41.4 Å². The van der Waals surface area contributed by atoms with Gasteiger partial charge >= 0.3 is 0 Å². The lowest BCUT2D eigenvalue weighted by molar-refractivity contribution is 0.00192. The van der Waals surface area contributed by atoms with Crippen LogP contribution in [-0.2, 0) is 4.74 Å². The van der Waals surface area contributed by atoms with Crippen LogP contribution < -0.4 is 10.1 Å². The van der Waals surface area contributed by atoms with Crippen molar-refractivity contribution in [3.8, 4) is 5.75 Å². The topological polar surface area (TPSA) is 33.7 Å². The van der Waals surface area contributed by atoms with E-state index in [0.29, 0.717) is 24.4 Å². The van der Waals surface area contributed by atoms with E-state index in [9.17, 15) is 4.39 Å². The molecular weight excluding hydrogens is 355 g/mol. The van der Waals surface area contributed by atoms with Gasteiger partial charge in [0.25, 0.3) is 0 Å². The molecule has 0 saturated carbocycles. The van der Waals surface area contributed by atoms with E-state index in [1.165, 1.54) is 17.7 Å². The highest BCUT2D eigenvalue weighted by molar-refractivity contribution is 5.22. The number of methoxy groups -OCH3 is 1. The number of halogens is 1. The maximum absolute atomic E-state index is 12.9. The van der Waals surface area contributed by atoms with Gasteiger partial charge in [0.1, 0.15) is 11.6 Å². The van der Waals surface area contributed by atoms with Gasteiger partial charge in [0.2, 0.25) is 0 Å². The Morgan fingerprint density at radius 1 is 1.14 bits per heavy atom. The van der Waals surface area contributed by atoms with Crippen molar-refractivity contribution in [3.05, 3.63) is 66.0 Å². The molecular formula is C23H31FN2O2. The molecule has 4 nitrogen and oxygen atoms in total. The van der Waals surface area contributed by atoms with Crippen molar-refractivity contribution in [3.63, 3.8) is 0 Å². The van der Waals surface area contributed by atoms with Gasteiger partial charge in [-0.2, -0.15) is 0 Å². The first-order valence-electron chi connectivity index (χ1n) is 10.1. The van der Waals surface area contributed by atoms with Gasteiger partial charge in [-0.05, 0) is 56.1 Å². The Kier molecular flexibility index (Phi) is 7.83. The number of hydrogen-bond acceptors (Lipinski definition) is 4. The first-order chi connectivity index (χ1) is 13.7. The third kappa shape index (κ3) is 6.03. The van der Waals surface area contributed by atoms with Gasteiger partial charge in [0.05, 0.1) is 12.7 Å². The third-order valence-corrected chi connectivity index (χ3v) is 5.41. The first-order valence-corrected chi connectivity index (χ1v) is 10.1. The zero-order chi connectivity index (χ0) is 19.8. The quantitative estimate of drug-likeness (QED) is 0.660. The molecule has 152 valence electrons. The number of nitrogens with zero attached hydrogens (tertiary/aromatic N) is 1. The van der Waals surface area contributed by atoms with Crippen LogP contribution in [0.1, 0.15) is 31.4 Å². The minimum absolute atomic E-state index is 0.179. The van der Waals surface area contributed by atoms with Crippen molar-refractivity contribution < 1.29 is 13.9 Å².